The van der Waals surface area contributed by atoms with E-state index in [0.717, 1.165) is 67.2 Å². The Labute approximate surface area is 569 Å². The van der Waals surface area contributed by atoms with Crippen molar-refractivity contribution in [2.75, 3.05) is 0 Å². The van der Waals surface area contributed by atoms with Crippen LogP contribution in [0.25, 0.3) is 44.5 Å². The topological polar surface area (TPSA) is 121 Å². The molecule has 0 atom stereocenters. The normalized spacial score (nSPS) is 19.0. The molecule has 10 aromatic rings. The van der Waals surface area contributed by atoms with Gasteiger partial charge in [0.05, 0.1) is 72.7 Å². The Bertz CT molecular complexity index is 4760. The number of rotatable bonds is 4. The predicted octanol–water partition coefficient (Wildman–Crippen LogP) is 18.6. The number of hydrogen-bond donors (Lipinski definition) is 0. The zero-order valence-corrected chi connectivity index (χ0v) is 56.8. The molecule has 0 unspecified atom stereocenters. The molecule has 96 heavy (non-hydrogen) atoms. The number of nitrogens with zero attached hydrogens (tertiary/aromatic N) is 2. The molecular weight excluding hydrogens is 1210 g/mol. The van der Waals surface area contributed by atoms with Gasteiger partial charge in [-0.25, -0.2) is 0 Å². The molecule has 17 rings (SSSR count). The van der Waals surface area contributed by atoms with Crippen LogP contribution in [0.4, 0.5) is 0 Å². The van der Waals surface area contributed by atoms with Gasteiger partial charge in [-0.05, 0) is 169 Å². The fourth-order valence-corrected chi connectivity index (χ4v) is 15.2. The van der Waals surface area contributed by atoms with Crippen LogP contribution in [-0.2, 0) is 38.8 Å². The van der Waals surface area contributed by atoms with Gasteiger partial charge in [0.15, 0.2) is 5.75 Å². The van der Waals surface area contributed by atoms with E-state index >= 15 is 0 Å². The molecular formula is C82H72B3ClN2O8. The van der Waals surface area contributed by atoms with Gasteiger partial charge in [-0.3, -0.25) is 0 Å². The second-order valence-electron chi connectivity index (χ2n) is 28.8. The van der Waals surface area contributed by atoms with Crippen molar-refractivity contribution in [2.45, 2.75) is 128 Å². The van der Waals surface area contributed by atoms with Crippen molar-refractivity contribution >= 4 is 38.2 Å². The van der Waals surface area contributed by atoms with Crippen molar-refractivity contribution in [3.05, 3.63) is 279 Å². The lowest BCUT2D eigenvalue weighted by molar-refractivity contribution is 0.00578. The van der Waals surface area contributed by atoms with Crippen molar-refractivity contribution in [2.24, 2.45) is 0 Å². The van der Waals surface area contributed by atoms with E-state index in [1.807, 2.05) is 116 Å². The highest BCUT2D eigenvalue weighted by atomic mass is 35.5. The van der Waals surface area contributed by atoms with Crippen LogP contribution in [0.1, 0.15) is 139 Å². The third-order valence-electron chi connectivity index (χ3n) is 21.8. The monoisotopic (exact) mass is 1280 g/mol. The largest absolute Gasteiger partial charge is 0.498 e. The van der Waals surface area contributed by atoms with Crippen LogP contribution in [0.2, 0.25) is 5.02 Å². The molecule has 5 aliphatic heterocycles. The molecule has 474 valence electrons. The SMILES string of the molecule is CC1(C)OB(B2OC(C)(C)C(C)(C)O2)OC1(C)C.CC1(C)OB(c2cccc3c2Oc2c(-c4cccc(C#N)c4)cccc2C32c3ccccc3-c3ccccc32)OC1(C)C.N#Cc1cccc(-c2cccc3c2Oc2c(Cl)cccc2C32c3ccccc3-c3ccccc32)c1. The summed E-state index contributed by atoms with van der Waals surface area (Å²) in [4.78, 5) is 0. The summed E-state index contributed by atoms with van der Waals surface area (Å²) in [6.07, 6.45) is 0. The quantitative estimate of drug-likeness (QED) is 0.157. The van der Waals surface area contributed by atoms with E-state index in [0.29, 0.717) is 21.9 Å². The van der Waals surface area contributed by atoms with Gasteiger partial charge < -0.3 is 37.4 Å². The Morgan fingerprint density at radius 2 is 0.594 bits per heavy atom. The van der Waals surface area contributed by atoms with Crippen LogP contribution in [0.3, 0.4) is 0 Å². The molecule has 0 aromatic heterocycles. The summed E-state index contributed by atoms with van der Waals surface area (Å²) < 4.78 is 50.8. The van der Waals surface area contributed by atoms with Gasteiger partial charge in [-0.2, -0.15) is 10.5 Å². The summed E-state index contributed by atoms with van der Waals surface area (Å²) in [5, 5.41) is 19.8. The van der Waals surface area contributed by atoms with Crippen molar-refractivity contribution in [1.82, 2.24) is 0 Å². The van der Waals surface area contributed by atoms with Gasteiger partial charge in [0.2, 0.25) is 0 Å². The first-order valence-corrected chi connectivity index (χ1v) is 33.3. The van der Waals surface area contributed by atoms with E-state index in [1.165, 1.54) is 44.5 Å². The van der Waals surface area contributed by atoms with E-state index in [1.54, 1.807) is 0 Å². The number of para-hydroxylation sites is 4. The molecule has 3 fully saturated rings. The highest BCUT2D eigenvalue weighted by Gasteiger charge is 2.64. The number of nitriles is 2. The highest BCUT2D eigenvalue weighted by Crippen LogP contribution is 2.66. The zero-order valence-electron chi connectivity index (χ0n) is 56.1. The molecule has 10 aromatic carbocycles. The maximum Gasteiger partial charge on any atom is 0.498 e. The van der Waals surface area contributed by atoms with Crippen LogP contribution in [0.15, 0.2) is 218 Å². The molecule has 2 aliphatic carbocycles. The Morgan fingerprint density at radius 3 is 0.979 bits per heavy atom. The lowest BCUT2D eigenvalue weighted by Crippen LogP contribution is -2.41. The summed E-state index contributed by atoms with van der Waals surface area (Å²) in [6, 6.07) is 79.6. The number of ether oxygens (including phenoxy) is 2. The first kappa shape index (κ1) is 63.1. The second-order valence-corrected chi connectivity index (χ2v) is 29.2. The summed E-state index contributed by atoms with van der Waals surface area (Å²) in [7, 11) is -1.55. The Kier molecular flexibility index (Phi) is 14.8. The molecule has 14 heteroatoms. The van der Waals surface area contributed by atoms with Gasteiger partial charge in [-0.15, -0.1) is 0 Å². The molecule has 0 N–H and O–H groups in total. The Balaban J connectivity index is 0.000000128. The van der Waals surface area contributed by atoms with Crippen molar-refractivity contribution < 1.29 is 37.4 Å². The zero-order chi connectivity index (χ0) is 67.1. The molecule has 0 saturated carbocycles. The lowest BCUT2D eigenvalue weighted by Gasteiger charge is -2.41. The highest BCUT2D eigenvalue weighted by molar-refractivity contribution is 7.11. The standard InChI is InChI=1S/C38H30BNO3.C32H18ClNO.C12H24B2O4/c1-36(2)37(3,4)43-39(42-36)33-21-11-20-32-35(33)41-34-26(25-13-9-12-24(22-25)23-40)16-10-19-31(34)38(32)29-17-7-5-14-27(29)28-15-6-8-18-30(28)38;33-29-17-7-16-28-31(29)35-30-22(21-9-5-8-20(18-21)19-34)12-6-15-27(30)32(28)25-13-3-1-10-23(25)24-11-2-4-14-26(24)32;1-9(2)10(3,4)16-13(15-9)14-17-11(5,6)12(7,8)18-14/h5-22H,1-4H3;1-18H;1-8H3. The van der Waals surface area contributed by atoms with E-state index in [9.17, 15) is 10.5 Å². The molecule has 0 bridgehead atoms. The van der Waals surface area contributed by atoms with E-state index in [2.05, 4.69) is 198 Å². The maximum absolute atomic E-state index is 9.70. The third-order valence-corrected chi connectivity index (χ3v) is 22.1. The van der Waals surface area contributed by atoms with Gasteiger partial charge in [0, 0.05) is 38.8 Å². The van der Waals surface area contributed by atoms with Crippen molar-refractivity contribution in [3.8, 4) is 79.6 Å². The fourth-order valence-electron chi connectivity index (χ4n) is 15.0. The average molecular weight is 1280 g/mol. The number of benzene rings is 10. The number of fused-ring (bicyclic) bond motifs is 18. The maximum atomic E-state index is 9.70. The molecule has 0 amide bonds. The van der Waals surface area contributed by atoms with Crippen LogP contribution < -0.4 is 14.9 Å². The lowest BCUT2D eigenvalue weighted by atomic mass is 9.49. The number of halogens is 1. The molecule has 3 saturated heterocycles. The molecule has 7 aliphatic rings. The third kappa shape index (κ3) is 9.45. The number of hydrogen-bond acceptors (Lipinski definition) is 10. The van der Waals surface area contributed by atoms with Crippen LogP contribution >= 0.6 is 11.6 Å². The fraction of sp³-hybridized carbons (Fsp3) is 0.244. The van der Waals surface area contributed by atoms with E-state index in [4.69, 9.17) is 49.0 Å². The molecule has 0 radical (unpaired) electrons. The molecule has 5 heterocycles. The second kappa shape index (κ2) is 22.6. The van der Waals surface area contributed by atoms with Gasteiger partial charge >= 0.3 is 21.1 Å². The summed E-state index contributed by atoms with van der Waals surface area (Å²) in [5.41, 5.74) is 16.2. The van der Waals surface area contributed by atoms with E-state index in [-0.39, 0.29) is 22.4 Å². The Morgan fingerprint density at radius 1 is 0.302 bits per heavy atom. The summed E-state index contributed by atoms with van der Waals surface area (Å²) >= 11 is 6.80. The van der Waals surface area contributed by atoms with Crippen molar-refractivity contribution in [3.63, 3.8) is 0 Å². The van der Waals surface area contributed by atoms with Crippen molar-refractivity contribution in [1.29, 1.82) is 10.5 Å². The first-order valence-electron chi connectivity index (χ1n) is 32.9. The van der Waals surface area contributed by atoms with Crippen LogP contribution in [0, 0.1) is 22.7 Å². The van der Waals surface area contributed by atoms with Gasteiger partial charge in [-0.1, -0.05) is 200 Å². The molecule has 2 spiro atoms. The minimum Gasteiger partial charge on any atom is -0.456 e. The average Bonchev–Trinajstić information content (AvgIpc) is 1.43. The minimum absolute atomic E-state index is 0.360. The first-order chi connectivity index (χ1) is 45.9. The molecule has 10 nitrogen and oxygen atoms in total. The van der Waals surface area contributed by atoms with Crippen LogP contribution in [-0.4, -0.2) is 54.7 Å². The minimum atomic E-state index is -0.626. The van der Waals surface area contributed by atoms with Gasteiger partial charge in [0.1, 0.15) is 17.2 Å². The predicted molar refractivity (Wildman–Crippen MR) is 381 cm³/mol. The smallest absolute Gasteiger partial charge is 0.456 e. The van der Waals surface area contributed by atoms with Gasteiger partial charge in [0.25, 0.3) is 0 Å². The summed E-state index contributed by atoms with van der Waals surface area (Å²) in [5.74, 6) is 2.98. The summed E-state index contributed by atoms with van der Waals surface area (Å²) in [6.45, 7) is 24.5. The Hall–Kier alpha value is -8.98. The van der Waals surface area contributed by atoms with E-state index < -0.39 is 43.2 Å². The van der Waals surface area contributed by atoms with Crippen LogP contribution in [0.5, 0.6) is 23.0 Å².